The van der Waals surface area contributed by atoms with Crippen LogP contribution in [0.2, 0.25) is 0 Å². The lowest BCUT2D eigenvalue weighted by atomic mass is 10.3. The molecule has 0 radical (unpaired) electrons. The highest BCUT2D eigenvalue weighted by Gasteiger charge is 2.14. The third-order valence-electron chi connectivity index (χ3n) is 2.56. The maximum atomic E-state index is 11.7. The third-order valence-corrected chi connectivity index (χ3v) is 2.56. The number of benzene rings is 1. The number of nitrogens with one attached hydrogen (secondary N) is 2. The highest BCUT2D eigenvalue weighted by atomic mass is 16.5. The van der Waals surface area contributed by atoms with Gasteiger partial charge in [-0.15, -0.1) is 0 Å². The number of hydrogen-bond donors (Lipinski definition) is 2. The van der Waals surface area contributed by atoms with Gasteiger partial charge in [-0.3, -0.25) is 14.9 Å². The number of carbonyl (C=O) groups excluding carboxylic acids is 2. The molecule has 1 aromatic carbocycles. The van der Waals surface area contributed by atoms with Crippen LogP contribution in [0.5, 0.6) is 5.75 Å². The standard InChI is InChI=1S/C14H20N2O4/c1-4-20-14(18)10(2)15-9-13(17)16-11-6-5-7-12(8-11)19-3/h5-8,10,15H,4,9H2,1-3H3,(H,16,17). The maximum absolute atomic E-state index is 11.7. The van der Waals surface area contributed by atoms with Crippen LogP contribution < -0.4 is 15.4 Å². The van der Waals surface area contributed by atoms with E-state index in [1.165, 1.54) is 0 Å². The van der Waals surface area contributed by atoms with Crippen molar-refractivity contribution in [3.05, 3.63) is 24.3 Å². The molecule has 0 spiro atoms. The molecule has 0 bridgehead atoms. The number of esters is 1. The number of hydrogen-bond acceptors (Lipinski definition) is 5. The van der Waals surface area contributed by atoms with E-state index >= 15 is 0 Å². The molecule has 0 aromatic heterocycles. The summed E-state index contributed by atoms with van der Waals surface area (Å²) in [4.78, 5) is 23.1. The smallest absolute Gasteiger partial charge is 0.322 e. The molecule has 0 saturated heterocycles. The summed E-state index contributed by atoms with van der Waals surface area (Å²) in [6.45, 7) is 3.73. The van der Waals surface area contributed by atoms with Crippen molar-refractivity contribution < 1.29 is 19.1 Å². The van der Waals surface area contributed by atoms with E-state index in [1.807, 2.05) is 0 Å². The van der Waals surface area contributed by atoms with Crippen LogP contribution >= 0.6 is 0 Å². The van der Waals surface area contributed by atoms with E-state index in [2.05, 4.69) is 10.6 Å². The molecular weight excluding hydrogens is 260 g/mol. The predicted molar refractivity (Wildman–Crippen MR) is 75.7 cm³/mol. The molecule has 0 heterocycles. The Morgan fingerprint density at radius 1 is 1.35 bits per heavy atom. The van der Waals surface area contributed by atoms with Gasteiger partial charge in [0, 0.05) is 11.8 Å². The van der Waals surface area contributed by atoms with Crippen LogP contribution in [0, 0.1) is 0 Å². The second-order valence-electron chi connectivity index (χ2n) is 4.13. The van der Waals surface area contributed by atoms with Crippen LogP contribution in [-0.4, -0.2) is 38.2 Å². The molecule has 1 amide bonds. The Morgan fingerprint density at radius 2 is 2.10 bits per heavy atom. The summed E-state index contributed by atoms with van der Waals surface area (Å²) in [5.74, 6) is 0.0479. The first-order valence-electron chi connectivity index (χ1n) is 6.40. The van der Waals surface area contributed by atoms with Gasteiger partial charge >= 0.3 is 5.97 Å². The van der Waals surface area contributed by atoms with Gasteiger partial charge in [-0.25, -0.2) is 0 Å². The minimum atomic E-state index is -0.522. The van der Waals surface area contributed by atoms with Crippen LogP contribution in [0.15, 0.2) is 24.3 Å². The zero-order valence-electron chi connectivity index (χ0n) is 11.9. The third kappa shape index (κ3) is 5.27. The van der Waals surface area contributed by atoms with Gasteiger partial charge in [0.25, 0.3) is 0 Å². The van der Waals surface area contributed by atoms with E-state index in [4.69, 9.17) is 9.47 Å². The molecule has 110 valence electrons. The summed E-state index contributed by atoms with van der Waals surface area (Å²) in [5, 5.41) is 5.51. The topological polar surface area (TPSA) is 76.7 Å². The molecule has 2 N–H and O–H groups in total. The van der Waals surface area contributed by atoms with Gasteiger partial charge in [0.1, 0.15) is 11.8 Å². The number of rotatable bonds is 7. The largest absolute Gasteiger partial charge is 0.497 e. The Hall–Kier alpha value is -2.08. The van der Waals surface area contributed by atoms with Gasteiger partial charge in [0.05, 0.1) is 20.3 Å². The Bertz CT molecular complexity index is 462. The number of ether oxygens (including phenoxy) is 2. The van der Waals surface area contributed by atoms with Gasteiger partial charge in [-0.2, -0.15) is 0 Å². The van der Waals surface area contributed by atoms with Crippen LogP contribution in [0.1, 0.15) is 13.8 Å². The van der Waals surface area contributed by atoms with Crippen molar-refractivity contribution in [1.29, 1.82) is 0 Å². The van der Waals surface area contributed by atoms with Crippen LogP contribution in [0.3, 0.4) is 0 Å². The van der Waals surface area contributed by atoms with Gasteiger partial charge in [0.2, 0.25) is 5.91 Å². The quantitative estimate of drug-likeness (QED) is 0.733. The number of anilines is 1. The number of amides is 1. The summed E-state index contributed by atoms with van der Waals surface area (Å²) < 4.78 is 9.90. The number of methoxy groups -OCH3 is 1. The van der Waals surface area contributed by atoms with Crippen molar-refractivity contribution in [2.24, 2.45) is 0 Å². The number of carbonyl (C=O) groups is 2. The van der Waals surface area contributed by atoms with Crippen molar-refractivity contribution in [1.82, 2.24) is 5.32 Å². The Labute approximate surface area is 118 Å². The van der Waals surface area contributed by atoms with E-state index in [0.717, 1.165) is 0 Å². The first kappa shape index (κ1) is 16.0. The lowest BCUT2D eigenvalue weighted by molar-refractivity contribution is -0.145. The molecule has 1 atom stereocenters. The molecule has 0 aliphatic heterocycles. The summed E-state index contributed by atoms with van der Waals surface area (Å²) >= 11 is 0. The summed E-state index contributed by atoms with van der Waals surface area (Å²) in [5.41, 5.74) is 0.639. The average molecular weight is 280 g/mol. The second-order valence-corrected chi connectivity index (χ2v) is 4.13. The summed E-state index contributed by atoms with van der Waals surface area (Å²) in [6.07, 6.45) is 0. The lowest BCUT2D eigenvalue weighted by Gasteiger charge is -2.12. The van der Waals surface area contributed by atoms with Gasteiger partial charge in [-0.05, 0) is 26.0 Å². The minimum absolute atomic E-state index is 0.0250. The zero-order chi connectivity index (χ0) is 15.0. The minimum Gasteiger partial charge on any atom is -0.497 e. The predicted octanol–water partition coefficient (Wildman–Crippen LogP) is 1.17. The van der Waals surface area contributed by atoms with Crippen molar-refractivity contribution in [2.45, 2.75) is 19.9 Å². The average Bonchev–Trinajstić information content (AvgIpc) is 2.45. The monoisotopic (exact) mass is 280 g/mol. The molecule has 6 heteroatoms. The van der Waals surface area contributed by atoms with E-state index in [1.54, 1.807) is 45.2 Å². The molecule has 0 saturated carbocycles. The zero-order valence-corrected chi connectivity index (χ0v) is 11.9. The maximum Gasteiger partial charge on any atom is 0.322 e. The van der Waals surface area contributed by atoms with Gasteiger partial charge in [0.15, 0.2) is 0 Å². The molecule has 1 unspecified atom stereocenters. The Kier molecular flexibility index (Phi) is 6.52. The Balaban J connectivity index is 2.41. The first-order valence-corrected chi connectivity index (χ1v) is 6.40. The lowest BCUT2D eigenvalue weighted by Crippen LogP contribution is -2.40. The summed E-state index contributed by atoms with van der Waals surface area (Å²) in [7, 11) is 1.56. The van der Waals surface area contributed by atoms with E-state index in [-0.39, 0.29) is 18.4 Å². The summed E-state index contributed by atoms with van der Waals surface area (Å²) in [6, 6.07) is 6.52. The van der Waals surface area contributed by atoms with E-state index in [9.17, 15) is 9.59 Å². The van der Waals surface area contributed by atoms with Crippen molar-refractivity contribution in [3.8, 4) is 5.75 Å². The molecule has 0 aliphatic carbocycles. The second kappa shape index (κ2) is 8.16. The van der Waals surface area contributed by atoms with Crippen LogP contribution in [0.25, 0.3) is 0 Å². The molecule has 20 heavy (non-hydrogen) atoms. The molecule has 0 aliphatic rings. The van der Waals surface area contributed by atoms with Gasteiger partial charge < -0.3 is 14.8 Å². The van der Waals surface area contributed by atoms with Crippen molar-refractivity contribution in [3.63, 3.8) is 0 Å². The molecule has 6 nitrogen and oxygen atoms in total. The van der Waals surface area contributed by atoms with E-state index in [0.29, 0.717) is 18.0 Å². The van der Waals surface area contributed by atoms with Crippen molar-refractivity contribution >= 4 is 17.6 Å². The van der Waals surface area contributed by atoms with Crippen LogP contribution in [0.4, 0.5) is 5.69 Å². The molecule has 1 aromatic rings. The SMILES string of the molecule is CCOC(=O)C(C)NCC(=O)Nc1cccc(OC)c1. The first-order chi connectivity index (χ1) is 9.56. The Morgan fingerprint density at radius 3 is 2.75 bits per heavy atom. The fourth-order valence-electron chi connectivity index (χ4n) is 1.50. The fourth-order valence-corrected chi connectivity index (χ4v) is 1.50. The fraction of sp³-hybridized carbons (Fsp3) is 0.429. The highest BCUT2D eigenvalue weighted by Crippen LogP contribution is 2.16. The van der Waals surface area contributed by atoms with Crippen LogP contribution in [-0.2, 0) is 14.3 Å². The molecular formula is C14H20N2O4. The highest BCUT2D eigenvalue weighted by molar-refractivity contribution is 5.92. The van der Waals surface area contributed by atoms with Crippen molar-refractivity contribution in [2.75, 3.05) is 25.6 Å². The normalized spacial score (nSPS) is 11.6. The van der Waals surface area contributed by atoms with E-state index < -0.39 is 6.04 Å². The molecule has 0 fully saturated rings. The van der Waals surface area contributed by atoms with Gasteiger partial charge in [-0.1, -0.05) is 6.07 Å². The molecule has 1 rings (SSSR count).